The van der Waals surface area contributed by atoms with Crippen molar-refractivity contribution in [1.29, 1.82) is 0 Å². The third kappa shape index (κ3) is 5.08. The van der Waals surface area contributed by atoms with Gasteiger partial charge in [0, 0.05) is 17.8 Å². The third-order valence-corrected chi connectivity index (χ3v) is 6.15. The van der Waals surface area contributed by atoms with E-state index in [-0.39, 0.29) is 28.1 Å². The van der Waals surface area contributed by atoms with Crippen molar-refractivity contribution < 1.29 is 32.2 Å². The van der Waals surface area contributed by atoms with Gasteiger partial charge in [0.2, 0.25) is 0 Å². The lowest BCUT2D eigenvalue weighted by Gasteiger charge is -2.19. The van der Waals surface area contributed by atoms with Gasteiger partial charge in [-0.25, -0.2) is 13.2 Å². The molecule has 2 aliphatic rings. The summed E-state index contributed by atoms with van der Waals surface area (Å²) in [6.07, 6.45) is 0.966. The summed E-state index contributed by atoms with van der Waals surface area (Å²) in [7, 11) is -3.87. The maximum Gasteiger partial charge on any atom is 0.338 e. The number of anilines is 1. The van der Waals surface area contributed by atoms with Crippen LogP contribution in [0.25, 0.3) is 0 Å². The Kier molecular flexibility index (Phi) is 5.73. The van der Waals surface area contributed by atoms with E-state index >= 15 is 0 Å². The lowest BCUT2D eigenvalue weighted by Crippen LogP contribution is -2.37. The maximum absolute atomic E-state index is 12.7. The van der Waals surface area contributed by atoms with Gasteiger partial charge in [-0.05, 0) is 56.2 Å². The van der Waals surface area contributed by atoms with E-state index in [9.17, 15) is 18.0 Å². The van der Waals surface area contributed by atoms with Crippen LogP contribution in [0.1, 0.15) is 30.1 Å². The molecule has 164 valence electrons. The summed E-state index contributed by atoms with van der Waals surface area (Å²) in [6.45, 7) is 2.27. The minimum Gasteiger partial charge on any atom is -0.486 e. The fourth-order valence-electron chi connectivity index (χ4n) is 2.91. The normalized spacial score (nSPS) is 16.2. The number of fused-ring (bicyclic) bond motifs is 1. The lowest BCUT2D eigenvalue weighted by molar-refractivity contribution is -0.129. The number of benzene rings is 2. The molecular formula is C21H22N2O7S. The summed E-state index contributed by atoms with van der Waals surface area (Å²) in [6, 6.07) is 10.3. The highest BCUT2D eigenvalue weighted by Crippen LogP contribution is 2.32. The number of ether oxygens (including phenoxy) is 3. The molecule has 1 heterocycles. The van der Waals surface area contributed by atoms with Crippen LogP contribution in [0.5, 0.6) is 11.5 Å². The second-order valence-electron chi connectivity index (χ2n) is 7.32. The molecular weight excluding hydrogens is 424 g/mol. The van der Waals surface area contributed by atoms with E-state index in [0.717, 1.165) is 12.8 Å². The number of nitrogens with one attached hydrogen (secondary N) is 2. The fraction of sp³-hybridized carbons (Fsp3) is 0.333. The average molecular weight is 446 g/mol. The molecule has 2 aromatic carbocycles. The summed E-state index contributed by atoms with van der Waals surface area (Å²) in [4.78, 5) is 24.2. The zero-order valence-corrected chi connectivity index (χ0v) is 17.6. The largest absolute Gasteiger partial charge is 0.486 e. The van der Waals surface area contributed by atoms with Crippen LogP contribution in [0.4, 0.5) is 5.69 Å². The molecule has 10 heteroatoms. The molecule has 0 spiro atoms. The molecule has 0 saturated heterocycles. The Morgan fingerprint density at radius 1 is 1.03 bits per heavy atom. The molecule has 0 unspecified atom stereocenters. The van der Waals surface area contributed by atoms with Gasteiger partial charge in [0.1, 0.15) is 13.2 Å². The van der Waals surface area contributed by atoms with Crippen molar-refractivity contribution in [2.75, 3.05) is 17.9 Å². The van der Waals surface area contributed by atoms with Crippen LogP contribution in [-0.4, -0.2) is 45.7 Å². The number of rotatable bonds is 7. The number of amides is 1. The predicted octanol–water partition coefficient (Wildman–Crippen LogP) is 2.08. The molecule has 1 aliphatic heterocycles. The van der Waals surface area contributed by atoms with Crippen LogP contribution in [0, 0.1) is 0 Å². The molecule has 1 fully saturated rings. The summed E-state index contributed by atoms with van der Waals surface area (Å²) >= 11 is 0. The average Bonchev–Trinajstić information content (AvgIpc) is 3.57. The minimum absolute atomic E-state index is 0.0238. The van der Waals surface area contributed by atoms with Crippen LogP contribution >= 0.6 is 0 Å². The Bertz CT molecular complexity index is 1100. The quantitative estimate of drug-likeness (QED) is 0.625. The first kappa shape index (κ1) is 21.0. The molecule has 1 atom stereocenters. The number of carbonyl (C=O) groups is 2. The predicted molar refractivity (Wildman–Crippen MR) is 111 cm³/mol. The molecule has 1 amide bonds. The van der Waals surface area contributed by atoms with Crippen molar-refractivity contribution in [3.8, 4) is 11.5 Å². The highest BCUT2D eigenvalue weighted by molar-refractivity contribution is 7.92. The van der Waals surface area contributed by atoms with Gasteiger partial charge >= 0.3 is 5.97 Å². The lowest BCUT2D eigenvalue weighted by atomic mass is 10.2. The summed E-state index contributed by atoms with van der Waals surface area (Å²) in [5, 5.41) is 2.77. The third-order valence-electron chi connectivity index (χ3n) is 4.77. The van der Waals surface area contributed by atoms with Gasteiger partial charge in [-0.15, -0.1) is 0 Å². The van der Waals surface area contributed by atoms with Gasteiger partial charge in [-0.1, -0.05) is 0 Å². The molecule has 4 rings (SSSR count). The van der Waals surface area contributed by atoms with Crippen molar-refractivity contribution in [2.45, 2.75) is 36.8 Å². The van der Waals surface area contributed by atoms with Crippen LogP contribution in [0.15, 0.2) is 47.4 Å². The molecule has 2 N–H and O–H groups in total. The Hall–Kier alpha value is -3.27. The van der Waals surface area contributed by atoms with Crippen molar-refractivity contribution >= 4 is 27.6 Å². The molecule has 2 aromatic rings. The van der Waals surface area contributed by atoms with Gasteiger partial charge in [-0.2, -0.15) is 0 Å². The van der Waals surface area contributed by atoms with Crippen molar-refractivity contribution in [3.63, 3.8) is 0 Å². The fourth-order valence-corrected chi connectivity index (χ4v) is 3.98. The van der Waals surface area contributed by atoms with Gasteiger partial charge < -0.3 is 19.5 Å². The zero-order valence-electron chi connectivity index (χ0n) is 16.8. The highest BCUT2D eigenvalue weighted by Gasteiger charge is 2.27. The summed E-state index contributed by atoms with van der Waals surface area (Å²) < 4.78 is 43.8. The van der Waals surface area contributed by atoms with E-state index in [1.807, 2.05) is 0 Å². The van der Waals surface area contributed by atoms with Gasteiger partial charge in [-0.3, -0.25) is 9.52 Å². The van der Waals surface area contributed by atoms with Gasteiger partial charge in [0.25, 0.3) is 15.9 Å². The number of esters is 1. The molecule has 9 nitrogen and oxygen atoms in total. The second-order valence-corrected chi connectivity index (χ2v) is 9.00. The Morgan fingerprint density at radius 2 is 1.71 bits per heavy atom. The first-order chi connectivity index (χ1) is 14.8. The van der Waals surface area contributed by atoms with Crippen molar-refractivity contribution in [2.24, 2.45) is 0 Å². The molecule has 0 bridgehead atoms. The van der Waals surface area contributed by atoms with E-state index < -0.39 is 22.1 Å². The second kappa shape index (κ2) is 8.46. The smallest absolute Gasteiger partial charge is 0.338 e. The SMILES string of the molecule is C[C@H](OC(=O)c1ccc(NS(=O)(=O)c2ccc3c(c2)OCCO3)cc1)C(=O)NC1CC1. The van der Waals surface area contributed by atoms with Crippen molar-refractivity contribution in [1.82, 2.24) is 5.32 Å². The number of carbonyl (C=O) groups excluding carboxylic acids is 2. The maximum atomic E-state index is 12.7. The van der Waals surface area contributed by atoms with E-state index in [0.29, 0.717) is 24.7 Å². The minimum atomic E-state index is -3.87. The topological polar surface area (TPSA) is 120 Å². The van der Waals surface area contributed by atoms with E-state index in [1.54, 1.807) is 6.07 Å². The highest BCUT2D eigenvalue weighted by atomic mass is 32.2. The summed E-state index contributed by atoms with van der Waals surface area (Å²) in [5.41, 5.74) is 0.472. The van der Waals surface area contributed by atoms with Gasteiger partial charge in [0.05, 0.1) is 10.5 Å². The molecule has 1 aliphatic carbocycles. The number of sulfonamides is 1. The Morgan fingerprint density at radius 3 is 2.39 bits per heavy atom. The Balaban J connectivity index is 1.39. The van der Waals surface area contributed by atoms with Crippen LogP contribution in [0.3, 0.4) is 0 Å². The van der Waals surface area contributed by atoms with Gasteiger partial charge in [0.15, 0.2) is 17.6 Å². The van der Waals surface area contributed by atoms with E-state index in [2.05, 4.69) is 10.0 Å². The number of hydrogen-bond acceptors (Lipinski definition) is 7. The van der Waals surface area contributed by atoms with E-state index in [4.69, 9.17) is 14.2 Å². The molecule has 0 aromatic heterocycles. The number of hydrogen-bond donors (Lipinski definition) is 2. The molecule has 1 saturated carbocycles. The monoisotopic (exact) mass is 446 g/mol. The van der Waals surface area contributed by atoms with Crippen LogP contribution < -0.4 is 19.5 Å². The Labute approximate surface area is 179 Å². The molecule has 31 heavy (non-hydrogen) atoms. The first-order valence-corrected chi connectivity index (χ1v) is 11.3. The van der Waals surface area contributed by atoms with E-state index in [1.165, 1.54) is 43.3 Å². The first-order valence-electron chi connectivity index (χ1n) is 9.86. The van der Waals surface area contributed by atoms with Crippen molar-refractivity contribution in [3.05, 3.63) is 48.0 Å². The van der Waals surface area contributed by atoms with Crippen LogP contribution in [0.2, 0.25) is 0 Å². The van der Waals surface area contributed by atoms with Crippen LogP contribution in [-0.2, 0) is 19.6 Å². The molecule has 0 radical (unpaired) electrons. The standard InChI is InChI=1S/C21H22N2O7S/c1-13(20(24)22-15-6-7-15)30-21(25)14-2-4-16(5-3-14)23-31(26,27)17-8-9-18-19(12-17)29-11-10-28-18/h2-5,8-9,12-13,15,23H,6-7,10-11H2,1H3,(H,22,24)/t13-/m0/s1. The zero-order chi connectivity index (χ0) is 22.0. The summed E-state index contributed by atoms with van der Waals surface area (Å²) in [5.74, 6) is -0.139.